The Balaban J connectivity index is 1.62. The molecule has 174 valence electrons. The number of halogens is 1. The first-order valence-electron chi connectivity index (χ1n) is 10.6. The molecule has 3 rings (SSSR count). The number of ether oxygens (including phenoxy) is 4. The molecule has 0 aliphatic heterocycles. The van der Waals surface area contributed by atoms with E-state index < -0.39 is 0 Å². The molecule has 1 unspecified atom stereocenters. The summed E-state index contributed by atoms with van der Waals surface area (Å²) in [7, 11) is 3.18. The van der Waals surface area contributed by atoms with Crippen molar-refractivity contribution in [1.82, 2.24) is 5.32 Å². The van der Waals surface area contributed by atoms with E-state index in [-0.39, 0.29) is 24.4 Å². The van der Waals surface area contributed by atoms with Gasteiger partial charge in [0.2, 0.25) is 0 Å². The van der Waals surface area contributed by atoms with Crippen molar-refractivity contribution in [3.05, 3.63) is 89.2 Å². The van der Waals surface area contributed by atoms with Gasteiger partial charge in [0, 0.05) is 12.7 Å². The molecule has 0 spiro atoms. The molecule has 0 heterocycles. The summed E-state index contributed by atoms with van der Waals surface area (Å²) in [4.78, 5) is 12.8. The highest BCUT2D eigenvalue weighted by Crippen LogP contribution is 2.30. The van der Waals surface area contributed by atoms with Crippen molar-refractivity contribution in [2.24, 2.45) is 0 Å². The second-order valence-electron chi connectivity index (χ2n) is 7.39. The van der Waals surface area contributed by atoms with Gasteiger partial charge in [0.25, 0.3) is 5.91 Å². The van der Waals surface area contributed by atoms with Crippen LogP contribution in [0.4, 0.5) is 4.39 Å². The normalized spacial score (nSPS) is 11.5. The number of benzene rings is 3. The molecule has 0 fully saturated rings. The van der Waals surface area contributed by atoms with Crippen LogP contribution >= 0.6 is 0 Å². The van der Waals surface area contributed by atoms with Crippen molar-refractivity contribution in [2.45, 2.75) is 19.6 Å². The van der Waals surface area contributed by atoms with Crippen LogP contribution < -0.4 is 19.5 Å². The van der Waals surface area contributed by atoms with Gasteiger partial charge in [-0.3, -0.25) is 4.79 Å². The number of rotatable bonds is 11. The van der Waals surface area contributed by atoms with E-state index in [1.54, 1.807) is 50.6 Å². The van der Waals surface area contributed by atoms with Crippen LogP contribution in [0.5, 0.6) is 17.2 Å². The van der Waals surface area contributed by atoms with Crippen LogP contribution in [0.25, 0.3) is 0 Å². The van der Waals surface area contributed by atoms with E-state index in [0.717, 1.165) is 11.1 Å². The Hall–Kier alpha value is -3.58. The second kappa shape index (κ2) is 11.9. The predicted molar refractivity (Wildman–Crippen MR) is 123 cm³/mol. The molecule has 0 aromatic heterocycles. The first-order chi connectivity index (χ1) is 16.0. The number of methoxy groups -OCH3 is 2. The standard InChI is InChI=1S/C26H28FNO5/c1-18(20-9-12-24(25(16-20)31-3)32-14-13-30-2)28-26(29)21-5-4-6-23(15-21)33-17-19-7-10-22(27)11-8-19/h4-12,15-16,18H,13-14,17H2,1-3H3,(H,28,29). The Morgan fingerprint density at radius 2 is 1.73 bits per heavy atom. The summed E-state index contributed by atoms with van der Waals surface area (Å²) < 4.78 is 34.9. The number of hydrogen-bond acceptors (Lipinski definition) is 5. The van der Waals surface area contributed by atoms with Crippen LogP contribution in [0.3, 0.4) is 0 Å². The zero-order valence-electron chi connectivity index (χ0n) is 19.0. The molecule has 1 amide bonds. The topological polar surface area (TPSA) is 66.0 Å². The summed E-state index contributed by atoms with van der Waals surface area (Å²) in [5.74, 6) is 1.23. The lowest BCUT2D eigenvalue weighted by molar-refractivity contribution is 0.0939. The van der Waals surface area contributed by atoms with Gasteiger partial charge < -0.3 is 24.3 Å². The summed E-state index contributed by atoms with van der Waals surface area (Å²) >= 11 is 0. The van der Waals surface area contributed by atoms with Gasteiger partial charge in [0.15, 0.2) is 11.5 Å². The molecule has 0 radical (unpaired) electrons. The van der Waals surface area contributed by atoms with Crippen molar-refractivity contribution in [2.75, 3.05) is 27.4 Å². The van der Waals surface area contributed by atoms with Gasteiger partial charge in [-0.15, -0.1) is 0 Å². The third kappa shape index (κ3) is 6.95. The summed E-state index contributed by atoms with van der Waals surface area (Å²) in [5.41, 5.74) is 2.19. The van der Waals surface area contributed by atoms with E-state index in [1.165, 1.54) is 12.1 Å². The first-order valence-corrected chi connectivity index (χ1v) is 10.6. The Labute approximate surface area is 193 Å². The highest BCUT2D eigenvalue weighted by molar-refractivity contribution is 5.94. The molecular formula is C26H28FNO5. The fourth-order valence-electron chi connectivity index (χ4n) is 3.15. The fraction of sp³-hybridized carbons (Fsp3) is 0.269. The average molecular weight is 454 g/mol. The average Bonchev–Trinajstić information content (AvgIpc) is 2.84. The molecule has 0 saturated heterocycles. The first kappa shape index (κ1) is 24.1. The number of carbonyl (C=O) groups excluding carboxylic acids is 1. The minimum absolute atomic E-state index is 0.228. The smallest absolute Gasteiger partial charge is 0.251 e. The third-order valence-corrected chi connectivity index (χ3v) is 5.00. The molecular weight excluding hydrogens is 425 g/mol. The van der Waals surface area contributed by atoms with Crippen LogP contribution in [0.1, 0.15) is 34.5 Å². The van der Waals surface area contributed by atoms with Crippen molar-refractivity contribution >= 4 is 5.91 Å². The largest absolute Gasteiger partial charge is 0.493 e. The maximum absolute atomic E-state index is 13.0. The van der Waals surface area contributed by atoms with Gasteiger partial charge >= 0.3 is 0 Å². The van der Waals surface area contributed by atoms with Crippen molar-refractivity contribution in [3.8, 4) is 17.2 Å². The monoisotopic (exact) mass is 453 g/mol. The summed E-state index contributed by atoms with van der Waals surface area (Å²) in [6.07, 6.45) is 0. The maximum Gasteiger partial charge on any atom is 0.251 e. The third-order valence-electron chi connectivity index (χ3n) is 5.00. The van der Waals surface area contributed by atoms with Crippen LogP contribution in [0.15, 0.2) is 66.7 Å². The molecule has 3 aromatic carbocycles. The number of carbonyl (C=O) groups is 1. The molecule has 6 nitrogen and oxygen atoms in total. The minimum Gasteiger partial charge on any atom is -0.493 e. The summed E-state index contributed by atoms with van der Waals surface area (Å²) in [6, 6.07) is 18.3. The van der Waals surface area contributed by atoms with Gasteiger partial charge in [0.05, 0.1) is 19.8 Å². The molecule has 0 aliphatic carbocycles. The summed E-state index contributed by atoms with van der Waals surface area (Å²) in [6.45, 7) is 3.06. The van der Waals surface area contributed by atoms with E-state index in [1.807, 2.05) is 25.1 Å². The Morgan fingerprint density at radius 3 is 2.45 bits per heavy atom. The zero-order valence-corrected chi connectivity index (χ0v) is 19.0. The summed E-state index contributed by atoms with van der Waals surface area (Å²) in [5, 5.41) is 2.99. The lowest BCUT2D eigenvalue weighted by Crippen LogP contribution is -2.26. The Kier molecular flexibility index (Phi) is 8.66. The van der Waals surface area contributed by atoms with Crippen LogP contribution in [0.2, 0.25) is 0 Å². The molecule has 0 aliphatic rings. The quantitative estimate of drug-likeness (QED) is 0.417. The van der Waals surface area contributed by atoms with Gasteiger partial charge in [-0.25, -0.2) is 4.39 Å². The molecule has 33 heavy (non-hydrogen) atoms. The van der Waals surface area contributed by atoms with Crippen LogP contribution in [-0.2, 0) is 11.3 Å². The van der Waals surface area contributed by atoms with Crippen LogP contribution in [-0.4, -0.2) is 33.3 Å². The number of hydrogen-bond donors (Lipinski definition) is 1. The van der Waals surface area contributed by atoms with Crippen LogP contribution in [0, 0.1) is 5.82 Å². The Bertz CT molecular complexity index is 1050. The minimum atomic E-state index is -0.294. The van der Waals surface area contributed by atoms with E-state index >= 15 is 0 Å². The molecule has 0 bridgehead atoms. The maximum atomic E-state index is 13.0. The molecule has 3 aromatic rings. The van der Waals surface area contributed by atoms with E-state index in [0.29, 0.717) is 36.0 Å². The van der Waals surface area contributed by atoms with Crippen molar-refractivity contribution < 1.29 is 28.1 Å². The zero-order chi connectivity index (χ0) is 23.6. The fourth-order valence-corrected chi connectivity index (χ4v) is 3.15. The van der Waals surface area contributed by atoms with Gasteiger partial charge in [-0.2, -0.15) is 0 Å². The van der Waals surface area contributed by atoms with Crippen molar-refractivity contribution in [1.29, 1.82) is 0 Å². The predicted octanol–water partition coefficient (Wildman–Crippen LogP) is 4.93. The molecule has 1 atom stereocenters. The molecule has 0 saturated carbocycles. The second-order valence-corrected chi connectivity index (χ2v) is 7.39. The number of nitrogens with one attached hydrogen (secondary N) is 1. The SMILES string of the molecule is COCCOc1ccc(C(C)NC(=O)c2cccc(OCc3ccc(F)cc3)c2)cc1OC. The number of amides is 1. The van der Waals surface area contributed by atoms with Gasteiger partial charge in [-0.05, 0) is 60.5 Å². The van der Waals surface area contributed by atoms with Gasteiger partial charge in [-0.1, -0.05) is 24.3 Å². The lowest BCUT2D eigenvalue weighted by Gasteiger charge is -2.17. The van der Waals surface area contributed by atoms with E-state index in [4.69, 9.17) is 18.9 Å². The van der Waals surface area contributed by atoms with E-state index in [2.05, 4.69) is 5.32 Å². The molecule has 1 N–H and O–H groups in total. The highest BCUT2D eigenvalue weighted by Gasteiger charge is 2.15. The van der Waals surface area contributed by atoms with Gasteiger partial charge in [0.1, 0.15) is 24.8 Å². The highest BCUT2D eigenvalue weighted by atomic mass is 19.1. The van der Waals surface area contributed by atoms with E-state index in [9.17, 15) is 9.18 Å². The molecule has 7 heteroatoms. The van der Waals surface area contributed by atoms with Crippen molar-refractivity contribution in [3.63, 3.8) is 0 Å². The Morgan fingerprint density at radius 1 is 0.939 bits per heavy atom. The lowest BCUT2D eigenvalue weighted by atomic mass is 10.1.